The van der Waals surface area contributed by atoms with Crippen molar-refractivity contribution in [3.8, 4) is 6.07 Å². The number of nitriles is 1. The normalized spacial score (nSPS) is 10.1. The molecule has 3 aromatic carbocycles. The highest BCUT2D eigenvalue weighted by Crippen LogP contribution is 2.41. The Morgan fingerprint density at radius 2 is 0.870 bits per heavy atom. The van der Waals surface area contributed by atoms with Crippen LogP contribution in [0.4, 0.5) is 0 Å². The second-order valence-corrected chi connectivity index (χ2v) is 7.61. The number of hydrogen-bond acceptors (Lipinski definition) is 2. The molecular weight excluding hydrogens is 301 g/mol. The summed E-state index contributed by atoms with van der Waals surface area (Å²) in [4.78, 5) is 0. The molecule has 0 aliphatic carbocycles. The molecule has 0 heterocycles. The van der Waals surface area contributed by atoms with Gasteiger partial charge in [-0.15, -0.1) is 0 Å². The van der Waals surface area contributed by atoms with E-state index in [1.807, 2.05) is 91.0 Å². The van der Waals surface area contributed by atoms with Gasteiger partial charge in [-0.25, -0.2) is 0 Å². The highest BCUT2D eigenvalue weighted by Gasteiger charge is 2.28. The molecule has 3 aromatic rings. The first kappa shape index (κ1) is 16.7. The molecule has 114 valence electrons. The van der Waals surface area contributed by atoms with Gasteiger partial charge in [-0.1, -0.05) is 91.0 Å². The van der Waals surface area contributed by atoms with Crippen LogP contribution < -0.4 is 15.9 Å². The van der Waals surface area contributed by atoms with Gasteiger partial charge in [-0.2, -0.15) is 5.26 Å². The summed E-state index contributed by atoms with van der Waals surface area (Å²) in [5.74, 6) is 0. The maximum absolute atomic E-state index is 13.8. The number of rotatable bonds is 3. The van der Waals surface area contributed by atoms with Crippen LogP contribution in [0.1, 0.15) is 6.92 Å². The Morgan fingerprint density at radius 1 is 0.652 bits per heavy atom. The van der Waals surface area contributed by atoms with E-state index in [0.29, 0.717) is 0 Å². The predicted molar refractivity (Wildman–Crippen MR) is 97.1 cm³/mol. The molecule has 0 aliphatic rings. The van der Waals surface area contributed by atoms with Gasteiger partial charge in [0.1, 0.15) is 0 Å². The predicted octanol–water partition coefficient (Wildman–Crippen LogP) is 3.86. The Kier molecular flexibility index (Phi) is 5.92. The van der Waals surface area contributed by atoms with Crippen LogP contribution in [0.15, 0.2) is 91.0 Å². The quantitative estimate of drug-likeness (QED) is 0.688. The van der Waals surface area contributed by atoms with Gasteiger partial charge in [0.15, 0.2) is 7.14 Å². The number of hydrogen-bond donors (Lipinski definition) is 0. The summed E-state index contributed by atoms with van der Waals surface area (Å²) in [5.41, 5.74) is 0. The van der Waals surface area contributed by atoms with Crippen molar-refractivity contribution in [2.24, 2.45) is 0 Å². The third-order valence-corrected chi connectivity index (χ3v) is 6.44. The monoisotopic (exact) mass is 319 g/mol. The topological polar surface area (TPSA) is 40.9 Å². The summed E-state index contributed by atoms with van der Waals surface area (Å²) in [7, 11) is -2.78. The molecule has 0 bridgehead atoms. The molecule has 0 aliphatic heterocycles. The molecule has 0 spiro atoms. The molecule has 0 unspecified atom stereocenters. The van der Waals surface area contributed by atoms with Crippen molar-refractivity contribution in [3.05, 3.63) is 91.0 Å². The first-order chi connectivity index (χ1) is 11.2. The summed E-state index contributed by atoms with van der Waals surface area (Å²) in [6.07, 6.45) is 0. The second kappa shape index (κ2) is 8.13. The lowest BCUT2D eigenvalue weighted by atomic mass is 10.4. The lowest BCUT2D eigenvalue weighted by molar-refractivity contribution is 0.592. The molecule has 0 aromatic heterocycles. The van der Waals surface area contributed by atoms with Gasteiger partial charge < -0.3 is 4.57 Å². The molecule has 0 saturated carbocycles. The van der Waals surface area contributed by atoms with Gasteiger partial charge in [0, 0.05) is 22.8 Å². The van der Waals surface area contributed by atoms with Crippen molar-refractivity contribution in [2.45, 2.75) is 6.92 Å². The van der Waals surface area contributed by atoms with E-state index in [9.17, 15) is 4.57 Å². The van der Waals surface area contributed by atoms with Crippen LogP contribution in [0, 0.1) is 11.3 Å². The standard InChI is InChI=1S/C18H15OP.C2H3N/c19-20(16-10-4-1-5-11-16,17-12-6-2-7-13-17)18-14-8-3-9-15-18;1-2-3/h1-15H;1H3. The van der Waals surface area contributed by atoms with Crippen molar-refractivity contribution in [2.75, 3.05) is 0 Å². The maximum Gasteiger partial charge on any atom is 0.171 e. The minimum atomic E-state index is -2.78. The summed E-state index contributed by atoms with van der Waals surface area (Å²) in [5, 5.41) is 9.94. The molecule has 3 heteroatoms. The third-order valence-electron chi connectivity index (χ3n) is 3.36. The van der Waals surface area contributed by atoms with E-state index in [-0.39, 0.29) is 0 Å². The summed E-state index contributed by atoms with van der Waals surface area (Å²) in [6.45, 7) is 1.43. The van der Waals surface area contributed by atoms with E-state index in [1.54, 1.807) is 6.07 Å². The smallest absolute Gasteiger partial charge is 0.171 e. The van der Waals surface area contributed by atoms with Crippen molar-refractivity contribution >= 4 is 23.1 Å². The lowest BCUT2D eigenvalue weighted by Crippen LogP contribution is -2.24. The van der Waals surface area contributed by atoms with E-state index < -0.39 is 7.14 Å². The summed E-state index contributed by atoms with van der Waals surface area (Å²) >= 11 is 0. The SMILES string of the molecule is CC#N.O=P(c1ccccc1)(c1ccccc1)c1ccccc1. The minimum Gasteiger partial charge on any atom is -0.309 e. The van der Waals surface area contributed by atoms with Gasteiger partial charge in [0.25, 0.3) is 0 Å². The molecule has 23 heavy (non-hydrogen) atoms. The molecule has 0 fully saturated rings. The molecule has 3 rings (SSSR count). The first-order valence-electron chi connectivity index (χ1n) is 7.31. The Labute approximate surface area is 137 Å². The Hall–Kier alpha value is -2.62. The van der Waals surface area contributed by atoms with Gasteiger partial charge in [0.2, 0.25) is 0 Å². The Bertz CT molecular complexity index is 705. The average molecular weight is 319 g/mol. The van der Waals surface area contributed by atoms with Crippen LogP contribution in [0.5, 0.6) is 0 Å². The highest BCUT2D eigenvalue weighted by atomic mass is 31.2. The van der Waals surface area contributed by atoms with Crippen LogP contribution >= 0.6 is 7.14 Å². The fraction of sp³-hybridized carbons (Fsp3) is 0.0500. The van der Waals surface area contributed by atoms with Crippen molar-refractivity contribution in [1.82, 2.24) is 0 Å². The van der Waals surface area contributed by atoms with Crippen LogP contribution in [0.2, 0.25) is 0 Å². The Balaban J connectivity index is 0.000000595. The van der Waals surface area contributed by atoms with Crippen LogP contribution in [0.25, 0.3) is 0 Å². The minimum absolute atomic E-state index is 0.873. The van der Waals surface area contributed by atoms with Crippen molar-refractivity contribution in [1.29, 1.82) is 5.26 Å². The van der Waals surface area contributed by atoms with E-state index in [0.717, 1.165) is 15.9 Å². The molecule has 0 N–H and O–H groups in total. The number of benzene rings is 3. The van der Waals surface area contributed by atoms with E-state index >= 15 is 0 Å². The zero-order valence-electron chi connectivity index (χ0n) is 13.0. The van der Waals surface area contributed by atoms with E-state index in [1.165, 1.54) is 6.92 Å². The maximum atomic E-state index is 13.8. The Morgan fingerprint density at radius 3 is 1.09 bits per heavy atom. The van der Waals surface area contributed by atoms with Gasteiger partial charge in [0.05, 0.1) is 6.07 Å². The summed E-state index contributed by atoms with van der Waals surface area (Å²) < 4.78 is 13.8. The second-order valence-electron chi connectivity index (χ2n) is 4.84. The largest absolute Gasteiger partial charge is 0.309 e. The van der Waals surface area contributed by atoms with Gasteiger partial charge >= 0.3 is 0 Å². The lowest BCUT2D eigenvalue weighted by Gasteiger charge is -2.19. The van der Waals surface area contributed by atoms with E-state index in [2.05, 4.69) is 0 Å². The van der Waals surface area contributed by atoms with Crippen LogP contribution in [0.3, 0.4) is 0 Å². The molecule has 0 radical (unpaired) electrons. The van der Waals surface area contributed by atoms with Crippen molar-refractivity contribution < 1.29 is 4.57 Å². The van der Waals surface area contributed by atoms with Gasteiger partial charge in [-0.3, -0.25) is 0 Å². The highest BCUT2D eigenvalue weighted by molar-refractivity contribution is 7.85. The fourth-order valence-corrected chi connectivity index (χ4v) is 5.03. The van der Waals surface area contributed by atoms with E-state index in [4.69, 9.17) is 5.26 Å². The zero-order valence-corrected chi connectivity index (χ0v) is 13.9. The van der Waals surface area contributed by atoms with Crippen LogP contribution in [-0.2, 0) is 4.57 Å². The van der Waals surface area contributed by atoms with Crippen LogP contribution in [-0.4, -0.2) is 0 Å². The number of nitrogens with zero attached hydrogens (tertiary/aromatic N) is 1. The first-order valence-corrected chi connectivity index (χ1v) is 9.02. The molecule has 0 amide bonds. The average Bonchev–Trinajstić information content (AvgIpc) is 2.64. The summed E-state index contributed by atoms with van der Waals surface area (Å²) in [6, 6.07) is 30.9. The van der Waals surface area contributed by atoms with Crippen molar-refractivity contribution in [3.63, 3.8) is 0 Å². The van der Waals surface area contributed by atoms with Gasteiger partial charge in [-0.05, 0) is 0 Å². The molecule has 0 saturated heterocycles. The third kappa shape index (κ3) is 3.77. The molecule has 0 atom stereocenters. The molecule has 2 nitrogen and oxygen atoms in total. The molecular formula is C20H18NOP. The zero-order chi connectivity index (χ0) is 16.5. The fourth-order valence-electron chi connectivity index (χ4n) is 2.36.